The van der Waals surface area contributed by atoms with Gasteiger partial charge in [-0.15, -0.1) is 0 Å². The van der Waals surface area contributed by atoms with Crippen LogP contribution in [-0.4, -0.2) is 21.2 Å². The Labute approximate surface area is 110 Å². The molecule has 1 aromatic rings. The molecule has 0 heterocycles. The quantitative estimate of drug-likeness (QED) is 0.891. The van der Waals surface area contributed by atoms with Crippen LogP contribution in [-0.2, 0) is 9.84 Å². The summed E-state index contributed by atoms with van der Waals surface area (Å²) in [5.41, 5.74) is 1.10. The number of nitrogens with one attached hydrogen (secondary N) is 1. The topological polar surface area (TPSA) is 46.2 Å². The molecular formula is C14H21NO2S. The maximum Gasteiger partial charge on any atom is 0.175 e. The van der Waals surface area contributed by atoms with Crippen LogP contribution in [0.1, 0.15) is 37.8 Å². The highest BCUT2D eigenvalue weighted by molar-refractivity contribution is 7.90. The van der Waals surface area contributed by atoms with Gasteiger partial charge in [0.2, 0.25) is 0 Å². The maximum absolute atomic E-state index is 11.6. The minimum atomic E-state index is -3.12. The van der Waals surface area contributed by atoms with E-state index >= 15 is 0 Å². The van der Waals surface area contributed by atoms with Gasteiger partial charge >= 0.3 is 0 Å². The molecule has 0 radical (unpaired) electrons. The Morgan fingerprint density at radius 2 is 2.11 bits per heavy atom. The van der Waals surface area contributed by atoms with Crippen molar-refractivity contribution in [3.8, 4) is 0 Å². The standard InChI is InChI=1S/C14H21NO2S/c1-3-15-14(11-6-4-7-11)12-8-5-9-13(10-12)18(2,16)17/h5,8-11,14-15H,3-4,6-7H2,1-2H3. The smallest absolute Gasteiger partial charge is 0.175 e. The molecule has 1 aromatic carbocycles. The molecule has 1 N–H and O–H groups in total. The average molecular weight is 267 g/mol. The lowest BCUT2D eigenvalue weighted by Gasteiger charge is -2.34. The molecule has 0 aliphatic heterocycles. The summed E-state index contributed by atoms with van der Waals surface area (Å²) in [6, 6.07) is 7.66. The second-order valence-corrected chi connectivity index (χ2v) is 7.09. The Kier molecular flexibility index (Phi) is 4.07. The summed E-state index contributed by atoms with van der Waals surface area (Å²) < 4.78 is 23.2. The summed E-state index contributed by atoms with van der Waals surface area (Å²) in [6.07, 6.45) is 5.03. The van der Waals surface area contributed by atoms with Crippen molar-refractivity contribution in [3.63, 3.8) is 0 Å². The maximum atomic E-state index is 11.6. The molecule has 0 spiro atoms. The van der Waals surface area contributed by atoms with Crippen molar-refractivity contribution < 1.29 is 8.42 Å². The molecule has 1 aliphatic rings. The zero-order valence-corrected chi connectivity index (χ0v) is 11.8. The molecular weight excluding hydrogens is 246 g/mol. The lowest BCUT2D eigenvalue weighted by Crippen LogP contribution is -2.32. The van der Waals surface area contributed by atoms with E-state index in [1.54, 1.807) is 6.07 Å². The molecule has 0 amide bonds. The highest BCUT2D eigenvalue weighted by atomic mass is 32.2. The van der Waals surface area contributed by atoms with Crippen LogP contribution in [0.15, 0.2) is 29.2 Å². The second-order valence-electron chi connectivity index (χ2n) is 5.07. The van der Waals surface area contributed by atoms with Crippen LogP contribution in [0.4, 0.5) is 0 Å². The molecule has 1 fully saturated rings. The van der Waals surface area contributed by atoms with Crippen LogP contribution in [0.3, 0.4) is 0 Å². The molecule has 3 nitrogen and oxygen atoms in total. The Bertz CT molecular complexity index is 506. The predicted molar refractivity (Wildman–Crippen MR) is 73.3 cm³/mol. The first kappa shape index (κ1) is 13.6. The van der Waals surface area contributed by atoms with Gasteiger partial charge in [0.05, 0.1) is 4.90 Å². The molecule has 1 aliphatic carbocycles. The van der Waals surface area contributed by atoms with Gasteiger partial charge in [-0.3, -0.25) is 0 Å². The molecule has 100 valence electrons. The Morgan fingerprint density at radius 3 is 2.61 bits per heavy atom. The first-order chi connectivity index (χ1) is 8.52. The van der Waals surface area contributed by atoms with E-state index in [-0.39, 0.29) is 0 Å². The summed E-state index contributed by atoms with van der Waals surface area (Å²) >= 11 is 0. The van der Waals surface area contributed by atoms with Crippen LogP contribution in [0.25, 0.3) is 0 Å². The van der Waals surface area contributed by atoms with E-state index in [9.17, 15) is 8.42 Å². The van der Waals surface area contributed by atoms with E-state index in [0.717, 1.165) is 12.1 Å². The molecule has 1 atom stereocenters. The van der Waals surface area contributed by atoms with Crippen molar-refractivity contribution in [2.45, 2.75) is 37.1 Å². The van der Waals surface area contributed by atoms with Gasteiger partial charge in [-0.1, -0.05) is 25.5 Å². The monoisotopic (exact) mass is 267 g/mol. The minimum Gasteiger partial charge on any atom is -0.310 e. The van der Waals surface area contributed by atoms with Crippen LogP contribution in [0.5, 0.6) is 0 Å². The van der Waals surface area contributed by atoms with Crippen molar-refractivity contribution in [1.82, 2.24) is 5.32 Å². The molecule has 0 aromatic heterocycles. The zero-order valence-electron chi connectivity index (χ0n) is 11.0. The first-order valence-corrected chi connectivity index (χ1v) is 8.45. The number of sulfone groups is 1. The van der Waals surface area contributed by atoms with Gasteiger partial charge in [0.15, 0.2) is 9.84 Å². The van der Waals surface area contributed by atoms with Crippen LogP contribution >= 0.6 is 0 Å². The number of rotatable bonds is 5. The van der Waals surface area contributed by atoms with Gasteiger partial charge in [-0.05, 0) is 43.0 Å². The van der Waals surface area contributed by atoms with Gasteiger partial charge in [0.25, 0.3) is 0 Å². The van der Waals surface area contributed by atoms with E-state index in [1.807, 2.05) is 18.2 Å². The van der Waals surface area contributed by atoms with Crippen molar-refractivity contribution in [2.24, 2.45) is 5.92 Å². The summed E-state index contributed by atoms with van der Waals surface area (Å²) in [5, 5.41) is 3.48. The van der Waals surface area contributed by atoms with Gasteiger partial charge < -0.3 is 5.32 Å². The van der Waals surface area contributed by atoms with Crippen LogP contribution < -0.4 is 5.32 Å². The van der Waals surface area contributed by atoms with Crippen molar-refractivity contribution in [3.05, 3.63) is 29.8 Å². The van der Waals surface area contributed by atoms with Gasteiger partial charge in [0, 0.05) is 12.3 Å². The number of benzene rings is 1. The molecule has 1 unspecified atom stereocenters. The highest BCUT2D eigenvalue weighted by Gasteiger charge is 2.28. The zero-order chi connectivity index (χ0) is 13.2. The minimum absolute atomic E-state index is 0.297. The summed E-state index contributed by atoms with van der Waals surface area (Å²) in [5.74, 6) is 0.653. The van der Waals surface area contributed by atoms with E-state index in [1.165, 1.54) is 25.5 Å². The molecule has 4 heteroatoms. The van der Waals surface area contributed by atoms with Gasteiger partial charge in [0.1, 0.15) is 0 Å². The largest absolute Gasteiger partial charge is 0.310 e. The normalized spacial score (nSPS) is 18.3. The summed E-state index contributed by atoms with van der Waals surface area (Å²) in [7, 11) is -3.12. The third kappa shape index (κ3) is 2.93. The molecule has 0 saturated heterocycles. The fourth-order valence-corrected chi connectivity index (χ4v) is 3.16. The third-order valence-electron chi connectivity index (χ3n) is 3.69. The lowest BCUT2D eigenvalue weighted by atomic mass is 9.77. The van der Waals surface area contributed by atoms with Crippen LogP contribution in [0.2, 0.25) is 0 Å². The SMILES string of the molecule is CCNC(c1cccc(S(C)(=O)=O)c1)C1CCC1. The Balaban J connectivity index is 2.29. The number of hydrogen-bond donors (Lipinski definition) is 1. The molecule has 18 heavy (non-hydrogen) atoms. The number of hydrogen-bond acceptors (Lipinski definition) is 3. The van der Waals surface area contributed by atoms with Crippen molar-refractivity contribution in [2.75, 3.05) is 12.8 Å². The van der Waals surface area contributed by atoms with E-state index in [4.69, 9.17) is 0 Å². The van der Waals surface area contributed by atoms with E-state index in [2.05, 4.69) is 12.2 Å². The van der Waals surface area contributed by atoms with Gasteiger partial charge in [-0.25, -0.2) is 8.42 Å². The average Bonchev–Trinajstić information content (AvgIpc) is 2.25. The van der Waals surface area contributed by atoms with E-state index in [0.29, 0.717) is 16.9 Å². The third-order valence-corrected chi connectivity index (χ3v) is 4.80. The first-order valence-electron chi connectivity index (χ1n) is 6.55. The Morgan fingerprint density at radius 1 is 1.39 bits per heavy atom. The second kappa shape index (κ2) is 5.41. The fourth-order valence-electron chi connectivity index (χ4n) is 2.49. The fraction of sp³-hybridized carbons (Fsp3) is 0.571. The summed E-state index contributed by atoms with van der Waals surface area (Å²) in [4.78, 5) is 0.419. The Hall–Kier alpha value is -0.870. The summed E-state index contributed by atoms with van der Waals surface area (Å²) in [6.45, 7) is 3.00. The van der Waals surface area contributed by atoms with E-state index < -0.39 is 9.84 Å². The molecule has 2 rings (SSSR count). The highest BCUT2D eigenvalue weighted by Crippen LogP contribution is 2.38. The molecule has 0 bridgehead atoms. The predicted octanol–water partition coefficient (Wildman–Crippen LogP) is 2.54. The van der Waals surface area contributed by atoms with Crippen molar-refractivity contribution >= 4 is 9.84 Å². The van der Waals surface area contributed by atoms with Crippen molar-refractivity contribution in [1.29, 1.82) is 0 Å². The lowest BCUT2D eigenvalue weighted by molar-refractivity contribution is 0.233. The van der Waals surface area contributed by atoms with Gasteiger partial charge in [-0.2, -0.15) is 0 Å². The molecule has 1 saturated carbocycles. The van der Waals surface area contributed by atoms with Crippen LogP contribution in [0, 0.1) is 5.92 Å².